The van der Waals surface area contributed by atoms with Crippen molar-refractivity contribution in [1.82, 2.24) is 24.7 Å². The number of nitrogens with zero attached hydrogens (tertiary/aromatic N) is 3. The number of amides is 4. The first kappa shape index (κ1) is 46.3. The topological polar surface area (TPSA) is 181 Å². The Bertz CT molecular complexity index is 1570. The molecule has 2 fully saturated rings. The molecule has 14 nitrogen and oxygen atoms in total. The number of hydrogen-bond donors (Lipinski definition) is 3. The van der Waals surface area contributed by atoms with Crippen LogP contribution in [-0.4, -0.2) is 125 Å². The summed E-state index contributed by atoms with van der Waals surface area (Å²) in [6, 6.07) is 4.05. The third-order valence-electron chi connectivity index (χ3n) is 11.7. The fraction of sp³-hybridized carbons (Fsp3) is 0.750. The molecule has 0 radical (unpaired) electrons. The molecule has 15 heteroatoms. The molecule has 2 aliphatic rings. The van der Waals surface area contributed by atoms with Gasteiger partial charge in [0.15, 0.2) is 0 Å². The second-order valence-electron chi connectivity index (χ2n) is 16.6. The van der Waals surface area contributed by atoms with E-state index in [-0.39, 0.29) is 46.8 Å². The lowest BCUT2D eigenvalue weighted by Crippen LogP contribution is -2.59. The average Bonchev–Trinajstić information content (AvgIpc) is 3.69. The first-order valence-corrected chi connectivity index (χ1v) is 21.2. The van der Waals surface area contributed by atoms with Crippen LogP contribution in [-0.2, 0) is 44.2 Å². The Hall–Kier alpha value is -3.11. The van der Waals surface area contributed by atoms with E-state index < -0.39 is 63.8 Å². The van der Waals surface area contributed by atoms with Gasteiger partial charge in [-0.15, -0.1) is 0 Å². The minimum atomic E-state index is -4.18. The van der Waals surface area contributed by atoms with E-state index in [1.807, 2.05) is 60.5 Å². The molecule has 1 saturated carbocycles. The number of sulfonamides is 1. The molecule has 1 saturated heterocycles. The lowest BCUT2D eigenvalue weighted by atomic mass is 9.89. The summed E-state index contributed by atoms with van der Waals surface area (Å²) < 4.78 is 40.4. The number of ether oxygens (including phenoxy) is 2. The van der Waals surface area contributed by atoms with Crippen LogP contribution in [0.2, 0.25) is 0 Å². The molecular weight excluding hydrogens is 725 g/mol. The molecule has 312 valence electrons. The van der Waals surface area contributed by atoms with Crippen LogP contribution in [0, 0.1) is 23.7 Å². The van der Waals surface area contributed by atoms with Crippen LogP contribution in [0.4, 0.5) is 0 Å². The van der Waals surface area contributed by atoms with E-state index in [0.29, 0.717) is 25.8 Å². The summed E-state index contributed by atoms with van der Waals surface area (Å²) in [7, 11) is 4.18. The molecule has 8 atom stereocenters. The van der Waals surface area contributed by atoms with Crippen molar-refractivity contribution in [2.24, 2.45) is 29.4 Å². The van der Waals surface area contributed by atoms with Gasteiger partial charge in [-0.05, 0) is 75.2 Å². The summed E-state index contributed by atoms with van der Waals surface area (Å²) in [5, 5.41) is 3.02. The number of hydrogen-bond acceptors (Lipinski definition) is 10. The Balaban J connectivity index is 1.77. The number of carbonyl (C=O) groups is 4. The summed E-state index contributed by atoms with van der Waals surface area (Å²) in [4.78, 5) is 60.4. The van der Waals surface area contributed by atoms with Crippen LogP contribution < -0.4 is 15.8 Å². The molecule has 0 bridgehead atoms. The van der Waals surface area contributed by atoms with E-state index in [1.54, 1.807) is 35.9 Å². The summed E-state index contributed by atoms with van der Waals surface area (Å²) in [6.07, 6.45) is 2.09. The Morgan fingerprint density at radius 3 is 2.02 bits per heavy atom. The van der Waals surface area contributed by atoms with Gasteiger partial charge in [0, 0.05) is 33.4 Å². The number of likely N-dealkylation sites (tertiary alicyclic amines) is 1. The summed E-state index contributed by atoms with van der Waals surface area (Å²) in [5.41, 5.74) is 6.68. The zero-order valence-electron chi connectivity index (χ0n) is 35.1. The summed E-state index contributed by atoms with van der Waals surface area (Å²) in [6.45, 7) is 13.8. The maximum Gasteiger partial charge on any atom is 0.264 e. The van der Waals surface area contributed by atoms with Crippen molar-refractivity contribution in [3.8, 4) is 0 Å². The zero-order chi connectivity index (χ0) is 41.6. The highest BCUT2D eigenvalue weighted by molar-refractivity contribution is 7.90. The Morgan fingerprint density at radius 1 is 0.945 bits per heavy atom. The molecule has 55 heavy (non-hydrogen) atoms. The molecule has 1 aromatic rings. The molecule has 4 N–H and O–H groups in total. The number of likely N-dealkylation sites (N-methyl/N-ethyl adjacent to an activating group) is 2. The quantitative estimate of drug-likeness (QED) is 0.178. The molecule has 0 unspecified atom stereocenters. The van der Waals surface area contributed by atoms with Crippen molar-refractivity contribution in [1.29, 1.82) is 0 Å². The van der Waals surface area contributed by atoms with Gasteiger partial charge in [0.2, 0.25) is 23.6 Å². The van der Waals surface area contributed by atoms with E-state index in [9.17, 15) is 27.6 Å². The van der Waals surface area contributed by atoms with Gasteiger partial charge < -0.3 is 30.3 Å². The van der Waals surface area contributed by atoms with E-state index >= 15 is 0 Å². The number of methoxy groups -OCH3 is 2. The lowest BCUT2D eigenvalue weighted by Gasteiger charge is -2.41. The Labute approximate surface area is 329 Å². The van der Waals surface area contributed by atoms with Gasteiger partial charge in [0.05, 0.1) is 47.6 Å². The van der Waals surface area contributed by atoms with E-state index in [4.69, 9.17) is 15.2 Å². The Morgan fingerprint density at radius 2 is 1.55 bits per heavy atom. The standard InChI is InChI=1S/C40H68N6O8S/c1-13-26(6)35(45(10)39(50)33(24(2)3)42-38(49)34(25(4)5)44(8)9)31(53-11)23-32(47)46-22-14-15-30(46)36(54-12)27(7)37(48)43-55(51,52)29-18-16-28(17-19-29)40(41)20-21-40/h16-19,24-27,30-31,33-36H,13-15,20-23,41H2,1-12H3,(H,42,49)(H,43,48)/t26-,27+,30-,31+,33-,34-,35-,36+/m0/s1. The van der Waals surface area contributed by atoms with Crippen LogP contribution in [0.3, 0.4) is 0 Å². The van der Waals surface area contributed by atoms with E-state index in [2.05, 4.69) is 10.0 Å². The van der Waals surface area contributed by atoms with Gasteiger partial charge in [-0.1, -0.05) is 67.0 Å². The molecule has 4 amide bonds. The van der Waals surface area contributed by atoms with Crippen molar-refractivity contribution in [2.45, 2.75) is 134 Å². The molecule has 1 heterocycles. The third kappa shape index (κ3) is 11.1. The smallest absolute Gasteiger partial charge is 0.264 e. The molecule has 1 aromatic carbocycles. The molecule has 1 aliphatic heterocycles. The van der Waals surface area contributed by atoms with Crippen LogP contribution in [0.5, 0.6) is 0 Å². The molecule has 0 aromatic heterocycles. The van der Waals surface area contributed by atoms with Crippen LogP contribution >= 0.6 is 0 Å². The highest BCUT2D eigenvalue weighted by atomic mass is 32.2. The van der Waals surface area contributed by atoms with Crippen LogP contribution in [0.25, 0.3) is 0 Å². The van der Waals surface area contributed by atoms with Crippen molar-refractivity contribution in [3.05, 3.63) is 29.8 Å². The van der Waals surface area contributed by atoms with Gasteiger partial charge in [0.25, 0.3) is 10.0 Å². The predicted octanol–water partition coefficient (Wildman–Crippen LogP) is 3.09. The van der Waals surface area contributed by atoms with Crippen molar-refractivity contribution < 1.29 is 37.1 Å². The number of nitrogens with two attached hydrogens (primary N) is 1. The zero-order valence-corrected chi connectivity index (χ0v) is 35.9. The first-order chi connectivity index (χ1) is 25.6. The number of rotatable bonds is 20. The second kappa shape index (κ2) is 19.4. The second-order valence-corrected chi connectivity index (χ2v) is 18.3. The molecule has 0 spiro atoms. The van der Waals surface area contributed by atoms with Crippen molar-refractivity contribution in [3.63, 3.8) is 0 Å². The maximum atomic E-state index is 14.2. The fourth-order valence-corrected chi connectivity index (χ4v) is 9.15. The minimum Gasteiger partial charge on any atom is -0.379 e. The average molecular weight is 793 g/mol. The van der Waals surface area contributed by atoms with Gasteiger partial charge in [-0.3, -0.25) is 24.1 Å². The van der Waals surface area contributed by atoms with E-state index in [0.717, 1.165) is 18.4 Å². The first-order valence-electron chi connectivity index (χ1n) is 19.7. The molecule has 1 aliphatic carbocycles. The number of benzene rings is 1. The summed E-state index contributed by atoms with van der Waals surface area (Å²) in [5.74, 6) is -2.61. The van der Waals surface area contributed by atoms with Crippen molar-refractivity contribution >= 4 is 33.7 Å². The predicted molar refractivity (Wildman–Crippen MR) is 212 cm³/mol. The number of nitrogens with one attached hydrogen (secondary N) is 2. The monoisotopic (exact) mass is 792 g/mol. The van der Waals surface area contributed by atoms with Crippen LogP contribution in [0.1, 0.15) is 92.6 Å². The van der Waals surface area contributed by atoms with Crippen LogP contribution in [0.15, 0.2) is 29.2 Å². The third-order valence-corrected chi connectivity index (χ3v) is 13.1. The lowest BCUT2D eigenvalue weighted by molar-refractivity contribution is -0.148. The highest BCUT2D eigenvalue weighted by Crippen LogP contribution is 2.42. The summed E-state index contributed by atoms with van der Waals surface area (Å²) >= 11 is 0. The van der Waals surface area contributed by atoms with Crippen molar-refractivity contribution in [2.75, 3.05) is 41.9 Å². The number of carbonyl (C=O) groups excluding carboxylic acids is 4. The Kier molecular flexibility index (Phi) is 16.3. The highest BCUT2D eigenvalue weighted by Gasteiger charge is 2.44. The van der Waals surface area contributed by atoms with Gasteiger partial charge >= 0.3 is 0 Å². The molecule has 3 rings (SSSR count). The largest absolute Gasteiger partial charge is 0.379 e. The fourth-order valence-electron chi connectivity index (χ4n) is 8.08. The maximum absolute atomic E-state index is 14.2. The van der Waals surface area contributed by atoms with E-state index in [1.165, 1.54) is 26.4 Å². The molecular formula is C40H68N6O8S. The van der Waals surface area contributed by atoms with Gasteiger partial charge in [-0.2, -0.15) is 0 Å². The van der Waals surface area contributed by atoms with Gasteiger partial charge in [-0.25, -0.2) is 13.1 Å². The van der Waals surface area contributed by atoms with Gasteiger partial charge in [0.1, 0.15) is 6.04 Å². The SMILES string of the molecule is CC[C@H](C)[C@@H]([C@@H](CC(=O)N1CCC[C@H]1[C@H](OC)[C@@H](C)C(=O)NS(=O)(=O)c1ccc(C2(N)CC2)cc1)OC)N(C)C(=O)[C@@H](NC(=O)[C@H](C(C)C)N(C)C)C(C)C. The normalized spacial score (nSPS) is 20.7. The minimum absolute atomic E-state index is 0.0273.